The lowest BCUT2D eigenvalue weighted by atomic mass is 10.2. The standard InChI is InChI=1S/C21H19N3O3S/c1-13(2)27-17-9-6-15(10-18(17)26-3)11-19-20(25)24-21(28-19)23-16-7-4-14(12-22)5-8-16/h4-11,13H,1-3H3,(H,23,24,25)/b19-11-. The van der Waals surface area contributed by atoms with Gasteiger partial charge in [0.2, 0.25) is 0 Å². The molecule has 0 atom stereocenters. The Bertz CT molecular complexity index is 989. The Morgan fingerprint density at radius 3 is 2.57 bits per heavy atom. The van der Waals surface area contributed by atoms with Crippen LogP contribution in [0.1, 0.15) is 25.0 Å². The highest BCUT2D eigenvalue weighted by Gasteiger charge is 2.24. The van der Waals surface area contributed by atoms with Crippen molar-refractivity contribution in [3.63, 3.8) is 0 Å². The van der Waals surface area contributed by atoms with Crippen LogP contribution in [0, 0.1) is 11.3 Å². The zero-order valence-electron chi connectivity index (χ0n) is 15.7. The van der Waals surface area contributed by atoms with E-state index in [0.717, 1.165) is 5.56 Å². The monoisotopic (exact) mass is 393 g/mol. The fourth-order valence-corrected chi connectivity index (χ4v) is 3.33. The molecule has 6 nitrogen and oxygen atoms in total. The number of nitrogens with zero attached hydrogens (tertiary/aromatic N) is 2. The van der Waals surface area contributed by atoms with Gasteiger partial charge in [-0.2, -0.15) is 5.26 Å². The molecule has 1 aliphatic rings. The molecule has 1 heterocycles. The van der Waals surface area contributed by atoms with Crippen LogP contribution < -0.4 is 14.8 Å². The molecule has 1 amide bonds. The van der Waals surface area contributed by atoms with Gasteiger partial charge in [0.05, 0.1) is 35.4 Å². The Balaban J connectivity index is 1.80. The fourth-order valence-electron chi connectivity index (χ4n) is 2.48. The first-order chi connectivity index (χ1) is 13.5. The van der Waals surface area contributed by atoms with E-state index < -0.39 is 0 Å². The molecule has 28 heavy (non-hydrogen) atoms. The van der Waals surface area contributed by atoms with Gasteiger partial charge in [0, 0.05) is 0 Å². The maximum absolute atomic E-state index is 12.3. The van der Waals surface area contributed by atoms with Gasteiger partial charge in [0.1, 0.15) is 0 Å². The number of thioether (sulfide) groups is 1. The number of hydrogen-bond acceptors (Lipinski definition) is 6. The number of methoxy groups -OCH3 is 1. The van der Waals surface area contributed by atoms with Crippen LogP contribution >= 0.6 is 11.8 Å². The predicted molar refractivity (Wildman–Crippen MR) is 111 cm³/mol. The molecule has 0 aliphatic carbocycles. The molecule has 1 aliphatic heterocycles. The first kappa shape index (κ1) is 19.5. The highest BCUT2D eigenvalue weighted by molar-refractivity contribution is 8.18. The smallest absolute Gasteiger partial charge is 0.264 e. The molecule has 0 unspecified atom stereocenters. The van der Waals surface area contributed by atoms with Crippen LogP contribution in [0.25, 0.3) is 6.08 Å². The number of benzene rings is 2. The summed E-state index contributed by atoms with van der Waals surface area (Å²) in [4.78, 5) is 17.2. The van der Waals surface area contributed by atoms with E-state index in [0.29, 0.717) is 32.8 Å². The fraction of sp³-hybridized carbons (Fsp3) is 0.190. The van der Waals surface area contributed by atoms with Crippen LogP contribution in [0.3, 0.4) is 0 Å². The lowest BCUT2D eigenvalue weighted by Crippen LogP contribution is -2.19. The summed E-state index contributed by atoms with van der Waals surface area (Å²) in [5, 5.41) is 12.1. The second-order valence-corrected chi connectivity index (χ2v) is 7.25. The van der Waals surface area contributed by atoms with E-state index in [1.165, 1.54) is 11.8 Å². The highest BCUT2D eigenvalue weighted by Crippen LogP contribution is 2.32. The number of nitrogens with one attached hydrogen (secondary N) is 1. The molecule has 1 N–H and O–H groups in total. The Morgan fingerprint density at radius 1 is 1.18 bits per heavy atom. The summed E-state index contributed by atoms with van der Waals surface area (Å²) in [6, 6.07) is 14.4. The molecule has 2 aromatic carbocycles. The topological polar surface area (TPSA) is 83.7 Å². The summed E-state index contributed by atoms with van der Waals surface area (Å²) >= 11 is 1.26. The van der Waals surface area contributed by atoms with Crippen LogP contribution in [0.15, 0.2) is 52.4 Å². The summed E-state index contributed by atoms with van der Waals surface area (Å²) < 4.78 is 11.1. The number of ether oxygens (including phenoxy) is 2. The van der Waals surface area contributed by atoms with Gasteiger partial charge < -0.3 is 14.8 Å². The molecular formula is C21H19N3O3S. The van der Waals surface area contributed by atoms with Crippen LogP contribution in [0.2, 0.25) is 0 Å². The van der Waals surface area contributed by atoms with Gasteiger partial charge in [-0.3, -0.25) is 4.79 Å². The zero-order chi connectivity index (χ0) is 20.1. The number of nitriles is 1. The van der Waals surface area contributed by atoms with Crippen molar-refractivity contribution in [2.45, 2.75) is 20.0 Å². The normalized spacial score (nSPS) is 16.3. The maximum Gasteiger partial charge on any atom is 0.264 e. The van der Waals surface area contributed by atoms with E-state index in [2.05, 4.69) is 16.4 Å². The third-order valence-electron chi connectivity index (χ3n) is 3.73. The molecule has 0 bridgehead atoms. The second-order valence-electron chi connectivity index (χ2n) is 6.22. The Hall–Kier alpha value is -3.24. The van der Waals surface area contributed by atoms with Crippen LogP contribution in [-0.4, -0.2) is 24.3 Å². The first-order valence-electron chi connectivity index (χ1n) is 8.63. The van der Waals surface area contributed by atoms with E-state index in [-0.39, 0.29) is 12.0 Å². The number of hydrogen-bond donors (Lipinski definition) is 1. The number of rotatable bonds is 5. The summed E-state index contributed by atoms with van der Waals surface area (Å²) in [5.41, 5.74) is 2.05. The maximum atomic E-state index is 12.3. The number of carbonyl (C=O) groups excluding carboxylic acids is 1. The molecule has 3 rings (SSSR count). The van der Waals surface area contributed by atoms with E-state index in [1.54, 1.807) is 37.5 Å². The van der Waals surface area contributed by atoms with Gasteiger partial charge in [-0.1, -0.05) is 6.07 Å². The lowest BCUT2D eigenvalue weighted by Gasteiger charge is -2.13. The molecule has 0 aromatic heterocycles. The average Bonchev–Trinajstić information content (AvgIpc) is 3.02. The summed E-state index contributed by atoms with van der Waals surface area (Å²) in [6.07, 6.45) is 1.82. The predicted octanol–water partition coefficient (Wildman–Crippen LogP) is 4.25. The SMILES string of the molecule is COc1cc(/C=C2\SC(=Nc3ccc(C#N)cc3)NC2=O)ccc1OC(C)C. The molecule has 0 spiro atoms. The van der Waals surface area contributed by atoms with Gasteiger partial charge in [-0.15, -0.1) is 0 Å². The minimum absolute atomic E-state index is 0.0373. The van der Waals surface area contributed by atoms with Crippen LogP contribution in [-0.2, 0) is 4.79 Å². The number of carbonyl (C=O) groups is 1. The third kappa shape index (κ3) is 4.72. The van der Waals surface area contributed by atoms with Crippen molar-refractivity contribution in [1.29, 1.82) is 5.26 Å². The number of amidine groups is 1. The summed E-state index contributed by atoms with van der Waals surface area (Å²) in [7, 11) is 1.58. The molecule has 0 saturated carbocycles. The number of amides is 1. The molecule has 1 saturated heterocycles. The van der Waals surface area contributed by atoms with Crippen molar-refractivity contribution < 1.29 is 14.3 Å². The van der Waals surface area contributed by atoms with Crippen molar-refractivity contribution in [1.82, 2.24) is 5.32 Å². The van der Waals surface area contributed by atoms with Crippen molar-refractivity contribution >= 4 is 34.6 Å². The lowest BCUT2D eigenvalue weighted by molar-refractivity contribution is -0.115. The van der Waals surface area contributed by atoms with Crippen LogP contribution in [0.4, 0.5) is 5.69 Å². The van der Waals surface area contributed by atoms with E-state index in [4.69, 9.17) is 14.7 Å². The highest BCUT2D eigenvalue weighted by atomic mass is 32.2. The number of aliphatic imine (C=N–C) groups is 1. The third-order valence-corrected chi connectivity index (χ3v) is 4.64. The van der Waals surface area contributed by atoms with Gasteiger partial charge in [0.25, 0.3) is 5.91 Å². The van der Waals surface area contributed by atoms with E-state index in [1.807, 2.05) is 32.0 Å². The van der Waals surface area contributed by atoms with E-state index >= 15 is 0 Å². The molecule has 1 fully saturated rings. The Kier molecular flexibility index (Phi) is 6.02. The van der Waals surface area contributed by atoms with E-state index in [9.17, 15) is 4.79 Å². The van der Waals surface area contributed by atoms with Crippen molar-refractivity contribution in [3.05, 3.63) is 58.5 Å². The second kappa shape index (κ2) is 8.63. The largest absolute Gasteiger partial charge is 0.493 e. The van der Waals surface area contributed by atoms with Crippen molar-refractivity contribution in [3.8, 4) is 17.6 Å². The Morgan fingerprint density at radius 2 is 1.93 bits per heavy atom. The minimum atomic E-state index is -0.209. The van der Waals surface area contributed by atoms with Gasteiger partial charge in [0.15, 0.2) is 16.7 Å². The quantitative estimate of drug-likeness (QED) is 0.768. The molecular weight excluding hydrogens is 374 g/mol. The molecule has 2 aromatic rings. The van der Waals surface area contributed by atoms with Gasteiger partial charge >= 0.3 is 0 Å². The van der Waals surface area contributed by atoms with Gasteiger partial charge in [-0.05, 0) is 73.6 Å². The van der Waals surface area contributed by atoms with Crippen LogP contribution in [0.5, 0.6) is 11.5 Å². The van der Waals surface area contributed by atoms with Gasteiger partial charge in [-0.25, -0.2) is 4.99 Å². The van der Waals surface area contributed by atoms with Crippen molar-refractivity contribution in [2.24, 2.45) is 4.99 Å². The zero-order valence-corrected chi connectivity index (χ0v) is 16.5. The van der Waals surface area contributed by atoms with Crippen molar-refractivity contribution in [2.75, 3.05) is 7.11 Å². The Labute approximate surface area is 167 Å². The molecule has 7 heteroatoms. The average molecular weight is 393 g/mol. The molecule has 142 valence electrons. The summed E-state index contributed by atoms with van der Waals surface area (Å²) in [5.74, 6) is 1.06. The molecule has 0 radical (unpaired) electrons. The summed E-state index contributed by atoms with van der Waals surface area (Å²) in [6.45, 7) is 3.90. The minimum Gasteiger partial charge on any atom is -0.493 e. The first-order valence-corrected chi connectivity index (χ1v) is 9.44.